The number of amides is 1. The highest BCUT2D eigenvalue weighted by Crippen LogP contribution is 2.41. The van der Waals surface area contributed by atoms with Crippen LogP contribution in [-0.2, 0) is 17.6 Å². The molecule has 8 nitrogen and oxygen atoms in total. The van der Waals surface area contributed by atoms with Crippen LogP contribution in [0.15, 0.2) is 42.7 Å². The number of likely N-dealkylation sites (N-methyl/N-ethyl adjacent to an activating group) is 1. The van der Waals surface area contributed by atoms with Crippen LogP contribution in [0.5, 0.6) is 6.01 Å². The zero-order valence-electron chi connectivity index (χ0n) is 24.7. The van der Waals surface area contributed by atoms with Crippen molar-refractivity contribution in [2.45, 2.75) is 44.7 Å². The van der Waals surface area contributed by atoms with Crippen molar-refractivity contribution in [2.24, 2.45) is 5.92 Å². The molecule has 0 N–H and O–H groups in total. The SMILES string of the molecule is [C-]#[N+]C[C@H]1CN(c2nc(OC[C@@H]3CCCN3C)nc3cc(-c4cccc5c4CC(C)C5)c(Cl)cc23)CCN1C(=O)C(=C)F. The molecular weight excluding hydrogens is 567 g/mol. The number of likely N-dealkylation sites (tertiary alicyclic amines) is 1. The second-order valence-electron chi connectivity index (χ2n) is 12.1. The molecule has 6 rings (SSSR count). The van der Waals surface area contributed by atoms with Gasteiger partial charge in [0.25, 0.3) is 5.91 Å². The number of halogens is 2. The van der Waals surface area contributed by atoms with Crippen molar-refractivity contribution in [3.63, 3.8) is 0 Å². The van der Waals surface area contributed by atoms with Crippen LogP contribution in [0, 0.1) is 12.5 Å². The first-order chi connectivity index (χ1) is 20.7. The molecule has 2 saturated heterocycles. The number of nitrogens with zero attached hydrogens (tertiary/aromatic N) is 6. The summed E-state index contributed by atoms with van der Waals surface area (Å²) in [6, 6.07) is 10.4. The molecule has 1 aliphatic carbocycles. The number of benzene rings is 2. The second kappa shape index (κ2) is 12.1. The maximum atomic E-state index is 13.8. The van der Waals surface area contributed by atoms with Crippen molar-refractivity contribution in [3.8, 4) is 17.1 Å². The first kappa shape index (κ1) is 29.3. The van der Waals surface area contributed by atoms with Crippen LogP contribution in [0.2, 0.25) is 5.02 Å². The van der Waals surface area contributed by atoms with Gasteiger partial charge >= 0.3 is 6.01 Å². The van der Waals surface area contributed by atoms with Crippen molar-refractivity contribution in [2.75, 3.05) is 51.3 Å². The predicted octanol–water partition coefficient (Wildman–Crippen LogP) is 5.58. The van der Waals surface area contributed by atoms with Gasteiger partial charge in [-0.25, -0.2) is 11.0 Å². The van der Waals surface area contributed by atoms with Gasteiger partial charge < -0.3 is 24.3 Å². The molecule has 1 amide bonds. The number of hydrogen-bond acceptors (Lipinski definition) is 6. The van der Waals surface area contributed by atoms with Gasteiger partial charge in [-0.05, 0) is 74.0 Å². The normalized spacial score (nSPS) is 22.1. The molecule has 224 valence electrons. The van der Waals surface area contributed by atoms with Crippen molar-refractivity contribution >= 4 is 34.2 Å². The van der Waals surface area contributed by atoms with Crippen molar-refractivity contribution in [3.05, 3.63) is 70.3 Å². The maximum absolute atomic E-state index is 13.8. The van der Waals surface area contributed by atoms with E-state index in [-0.39, 0.29) is 19.1 Å². The first-order valence-corrected chi connectivity index (χ1v) is 15.3. The lowest BCUT2D eigenvalue weighted by molar-refractivity contribution is -0.131. The van der Waals surface area contributed by atoms with Gasteiger partial charge in [0.1, 0.15) is 18.5 Å². The molecule has 2 aromatic carbocycles. The van der Waals surface area contributed by atoms with Gasteiger partial charge in [-0.15, -0.1) is 0 Å². The van der Waals surface area contributed by atoms with E-state index in [1.54, 1.807) is 0 Å². The van der Waals surface area contributed by atoms with E-state index in [4.69, 9.17) is 32.9 Å². The summed E-state index contributed by atoms with van der Waals surface area (Å²) in [5, 5.41) is 1.36. The van der Waals surface area contributed by atoms with E-state index in [1.807, 2.05) is 17.0 Å². The molecule has 0 radical (unpaired) electrons. The Morgan fingerprint density at radius 1 is 1.19 bits per heavy atom. The Labute approximate surface area is 256 Å². The Morgan fingerprint density at radius 2 is 2.02 bits per heavy atom. The third kappa shape index (κ3) is 5.78. The molecule has 3 aromatic rings. The zero-order chi connectivity index (χ0) is 30.2. The van der Waals surface area contributed by atoms with Gasteiger partial charge in [-0.3, -0.25) is 4.79 Å². The van der Waals surface area contributed by atoms with Gasteiger partial charge in [0, 0.05) is 41.6 Å². The lowest BCUT2D eigenvalue weighted by atomic mass is 9.95. The monoisotopic (exact) mass is 602 g/mol. The first-order valence-electron chi connectivity index (χ1n) is 14.9. The Balaban J connectivity index is 1.41. The molecule has 1 aromatic heterocycles. The molecule has 3 atom stereocenters. The number of piperazine rings is 1. The summed E-state index contributed by atoms with van der Waals surface area (Å²) >= 11 is 7.01. The average Bonchev–Trinajstić information content (AvgIpc) is 3.59. The Hall–Kier alpha value is -3.74. The minimum absolute atomic E-state index is 0.0400. The summed E-state index contributed by atoms with van der Waals surface area (Å²) in [6.07, 6.45) is 4.26. The van der Waals surface area contributed by atoms with Crippen molar-refractivity contribution < 1.29 is 13.9 Å². The summed E-state index contributed by atoms with van der Waals surface area (Å²) in [5.74, 6) is -0.588. The Bertz CT molecular complexity index is 1620. The van der Waals surface area contributed by atoms with E-state index in [2.05, 4.69) is 48.5 Å². The fourth-order valence-electron chi connectivity index (χ4n) is 6.83. The molecule has 2 aliphatic heterocycles. The van der Waals surface area contributed by atoms with Crippen LogP contribution >= 0.6 is 11.6 Å². The highest BCUT2D eigenvalue weighted by molar-refractivity contribution is 6.34. The third-order valence-electron chi connectivity index (χ3n) is 9.08. The number of fused-ring (bicyclic) bond motifs is 2. The highest BCUT2D eigenvalue weighted by atomic mass is 35.5. The van der Waals surface area contributed by atoms with E-state index in [9.17, 15) is 9.18 Å². The summed E-state index contributed by atoms with van der Waals surface area (Å²) < 4.78 is 20.0. The van der Waals surface area contributed by atoms with Gasteiger partial charge in [-0.1, -0.05) is 43.3 Å². The minimum atomic E-state index is -1.02. The van der Waals surface area contributed by atoms with Gasteiger partial charge in [0.15, 0.2) is 5.83 Å². The summed E-state index contributed by atoms with van der Waals surface area (Å²) in [4.78, 5) is 31.5. The lowest BCUT2D eigenvalue weighted by Gasteiger charge is -2.39. The largest absolute Gasteiger partial charge is 0.462 e. The van der Waals surface area contributed by atoms with Crippen LogP contribution in [-0.4, -0.2) is 84.1 Å². The second-order valence-corrected chi connectivity index (χ2v) is 12.5. The number of carbonyl (C=O) groups excluding carboxylic acids is 1. The third-order valence-corrected chi connectivity index (χ3v) is 9.39. The van der Waals surface area contributed by atoms with Gasteiger partial charge in [0.2, 0.25) is 6.54 Å². The fraction of sp³-hybridized carbons (Fsp3) is 0.455. The maximum Gasteiger partial charge on any atom is 0.319 e. The standard InChI is InChI=1S/C33H36ClFN6O2/c1-20-13-22-7-5-9-25(26(22)14-20)27-16-30-28(15-29(27)34)31(38-33(37-30)43-19-23-8-6-10-39(23)4)40-11-12-41(32(42)21(2)35)24(18-40)17-36-3/h5,7,9,15-16,20,23-24H,2,6,8,10-14,17-19H2,1,4H3/t20?,23-,24-/m0/s1. The summed E-state index contributed by atoms with van der Waals surface area (Å²) in [5.41, 5.74) is 5.46. The van der Waals surface area contributed by atoms with E-state index < -0.39 is 17.8 Å². The van der Waals surface area contributed by atoms with Crippen molar-refractivity contribution in [1.29, 1.82) is 0 Å². The summed E-state index contributed by atoms with van der Waals surface area (Å²) in [7, 11) is 2.10. The van der Waals surface area contributed by atoms with Gasteiger partial charge in [0.05, 0.1) is 5.52 Å². The molecule has 3 aliphatic rings. The van der Waals surface area contributed by atoms with Crippen LogP contribution in [0.3, 0.4) is 0 Å². The molecule has 0 saturated carbocycles. The van der Waals surface area contributed by atoms with E-state index >= 15 is 0 Å². The molecule has 3 heterocycles. The highest BCUT2D eigenvalue weighted by Gasteiger charge is 2.35. The average molecular weight is 603 g/mol. The number of hydrogen-bond donors (Lipinski definition) is 0. The quantitative estimate of drug-likeness (QED) is 0.260. The van der Waals surface area contributed by atoms with E-state index in [1.165, 1.54) is 16.0 Å². The summed E-state index contributed by atoms with van der Waals surface area (Å²) in [6.45, 7) is 15.4. The number of rotatable bonds is 7. The van der Waals surface area contributed by atoms with E-state index in [0.717, 1.165) is 48.7 Å². The smallest absolute Gasteiger partial charge is 0.319 e. The molecule has 2 fully saturated rings. The number of carbonyl (C=O) groups is 1. The fourth-order valence-corrected chi connectivity index (χ4v) is 7.10. The topological polar surface area (TPSA) is 66.2 Å². The predicted molar refractivity (Wildman–Crippen MR) is 167 cm³/mol. The molecule has 1 unspecified atom stereocenters. The zero-order valence-corrected chi connectivity index (χ0v) is 25.4. The molecule has 43 heavy (non-hydrogen) atoms. The lowest BCUT2D eigenvalue weighted by Crippen LogP contribution is -2.56. The minimum Gasteiger partial charge on any atom is -0.462 e. The van der Waals surface area contributed by atoms with Crippen LogP contribution in [0.25, 0.3) is 26.9 Å². The van der Waals surface area contributed by atoms with Gasteiger partial charge in [-0.2, -0.15) is 9.97 Å². The van der Waals surface area contributed by atoms with Crippen LogP contribution < -0.4 is 9.64 Å². The Kier molecular flexibility index (Phi) is 8.25. The molecular formula is C33H36ClFN6O2. The van der Waals surface area contributed by atoms with Crippen LogP contribution in [0.4, 0.5) is 10.2 Å². The number of anilines is 1. The number of ether oxygens (including phenoxy) is 1. The molecule has 0 bridgehead atoms. The van der Waals surface area contributed by atoms with Crippen molar-refractivity contribution in [1.82, 2.24) is 19.8 Å². The number of aromatic nitrogens is 2. The van der Waals surface area contributed by atoms with E-state index in [0.29, 0.717) is 48.0 Å². The molecule has 10 heteroatoms. The van der Waals surface area contributed by atoms with Crippen LogP contribution in [0.1, 0.15) is 30.9 Å². The molecule has 0 spiro atoms. The Morgan fingerprint density at radius 3 is 2.77 bits per heavy atom.